The molecule has 0 aliphatic rings. The molecule has 4 nitrogen and oxygen atoms in total. The predicted octanol–water partition coefficient (Wildman–Crippen LogP) is 2.39. The van der Waals surface area contributed by atoms with Crippen LogP contribution in [0, 0.1) is 11.7 Å². The second kappa shape index (κ2) is 7.24. The van der Waals surface area contributed by atoms with Crippen LogP contribution in [-0.4, -0.2) is 27.7 Å². The Labute approximate surface area is 124 Å². The lowest BCUT2D eigenvalue weighted by Gasteiger charge is -2.19. The topological polar surface area (TPSA) is 58.0 Å². The van der Waals surface area contributed by atoms with E-state index in [1.807, 2.05) is 13.8 Å². The number of benzene rings is 1. The van der Waals surface area contributed by atoms with E-state index in [1.54, 1.807) is 24.4 Å². The molecule has 21 heavy (non-hydrogen) atoms. The van der Waals surface area contributed by atoms with Gasteiger partial charge in [-0.05, 0) is 36.2 Å². The van der Waals surface area contributed by atoms with Crippen LogP contribution in [-0.2, 0) is 6.54 Å². The molecule has 0 amide bonds. The van der Waals surface area contributed by atoms with Crippen molar-refractivity contribution in [3.05, 3.63) is 48.2 Å². The Balaban J connectivity index is 2.09. The van der Waals surface area contributed by atoms with Gasteiger partial charge in [-0.2, -0.15) is 0 Å². The Morgan fingerprint density at radius 3 is 2.52 bits per heavy atom. The minimum absolute atomic E-state index is 0.0167. The van der Waals surface area contributed by atoms with Gasteiger partial charge in [0.1, 0.15) is 11.6 Å². The van der Waals surface area contributed by atoms with Gasteiger partial charge in [0.15, 0.2) is 0 Å². The summed E-state index contributed by atoms with van der Waals surface area (Å²) in [7, 11) is 0. The predicted molar refractivity (Wildman–Crippen MR) is 80.0 cm³/mol. The number of aliphatic hydroxyl groups is 1. The van der Waals surface area contributed by atoms with Gasteiger partial charge in [-0.25, -0.2) is 14.4 Å². The van der Waals surface area contributed by atoms with Gasteiger partial charge in [0, 0.05) is 17.8 Å². The van der Waals surface area contributed by atoms with Gasteiger partial charge in [0.2, 0.25) is 0 Å². The van der Waals surface area contributed by atoms with Crippen molar-refractivity contribution in [1.29, 1.82) is 0 Å². The third kappa shape index (κ3) is 4.31. The molecule has 0 aliphatic carbocycles. The van der Waals surface area contributed by atoms with Crippen molar-refractivity contribution < 1.29 is 9.50 Å². The number of aliphatic hydroxyl groups excluding tert-OH is 1. The van der Waals surface area contributed by atoms with Gasteiger partial charge in [-0.3, -0.25) is 0 Å². The Bertz CT molecular complexity index is 572. The van der Waals surface area contributed by atoms with Gasteiger partial charge in [0.05, 0.1) is 18.8 Å². The summed E-state index contributed by atoms with van der Waals surface area (Å²) in [5.41, 5.74) is 1.61. The van der Waals surface area contributed by atoms with E-state index < -0.39 is 0 Å². The number of nitrogens with zero attached hydrogens (tertiary/aromatic N) is 2. The lowest BCUT2D eigenvalue weighted by atomic mass is 10.1. The molecular formula is C16H20FN3O. The fraction of sp³-hybridized carbons (Fsp3) is 0.375. The zero-order valence-corrected chi connectivity index (χ0v) is 12.3. The second-order valence-electron chi connectivity index (χ2n) is 5.28. The third-order valence-corrected chi connectivity index (χ3v) is 3.37. The van der Waals surface area contributed by atoms with Crippen LogP contribution in [0.15, 0.2) is 36.5 Å². The molecule has 2 N–H and O–H groups in total. The first-order chi connectivity index (χ1) is 10.1. The SMILES string of the molecule is CC(C)[C@H](CO)NCc1nccc(-c2ccc(F)cc2)n1. The van der Waals surface area contributed by atoms with E-state index in [-0.39, 0.29) is 18.5 Å². The molecule has 0 saturated carbocycles. The van der Waals surface area contributed by atoms with Crippen molar-refractivity contribution in [3.8, 4) is 11.3 Å². The minimum Gasteiger partial charge on any atom is -0.395 e. The molecule has 0 saturated heterocycles. The summed E-state index contributed by atoms with van der Waals surface area (Å²) < 4.78 is 12.9. The summed E-state index contributed by atoms with van der Waals surface area (Å²) in [5, 5.41) is 12.5. The molecule has 2 rings (SSSR count). The number of halogens is 1. The van der Waals surface area contributed by atoms with E-state index in [9.17, 15) is 9.50 Å². The van der Waals surface area contributed by atoms with Crippen molar-refractivity contribution >= 4 is 0 Å². The van der Waals surface area contributed by atoms with Crippen molar-refractivity contribution in [2.45, 2.75) is 26.4 Å². The summed E-state index contributed by atoms with van der Waals surface area (Å²) >= 11 is 0. The summed E-state index contributed by atoms with van der Waals surface area (Å²) in [5.74, 6) is 0.712. The lowest BCUT2D eigenvalue weighted by Crippen LogP contribution is -2.36. The molecule has 0 radical (unpaired) electrons. The summed E-state index contributed by atoms with van der Waals surface area (Å²) in [6.45, 7) is 4.65. The minimum atomic E-state index is -0.266. The van der Waals surface area contributed by atoms with Crippen LogP contribution >= 0.6 is 0 Å². The molecule has 1 aromatic carbocycles. The fourth-order valence-electron chi connectivity index (χ4n) is 2.00. The first kappa shape index (κ1) is 15.5. The molecule has 1 aromatic heterocycles. The third-order valence-electron chi connectivity index (χ3n) is 3.37. The van der Waals surface area contributed by atoms with E-state index in [1.165, 1.54) is 12.1 Å². The number of aromatic nitrogens is 2. The molecule has 112 valence electrons. The summed E-state index contributed by atoms with van der Waals surface area (Å²) in [6, 6.07) is 8.02. The average molecular weight is 289 g/mol. The quantitative estimate of drug-likeness (QED) is 0.857. The van der Waals surface area contributed by atoms with Crippen LogP contribution in [0.4, 0.5) is 4.39 Å². The van der Waals surface area contributed by atoms with E-state index in [2.05, 4.69) is 15.3 Å². The van der Waals surface area contributed by atoms with Gasteiger partial charge in [-0.15, -0.1) is 0 Å². The van der Waals surface area contributed by atoms with Crippen LogP contribution in [0.25, 0.3) is 11.3 Å². The molecule has 0 aliphatic heterocycles. The molecule has 0 unspecified atom stereocenters. The highest BCUT2D eigenvalue weighted by molar-refractivity contribution is 5.58. The summed E-state index contributed by atoms with van der Waals surface area (Å²) in [4.78, 5) is 8.68. The smallest absolute Gasteiger partial charge is 0.142 e. The standard InChI is InChI=1S/C16H20FN3O/c1-11(2)15(10-21)19-9-16-18-8-7-14(20-16)12-3-5-13(17)6-4-12/h3-8,11,15,19,21H,9-10H2,1-2H3/t15-/m0/s1. The maximum absolute atomic E-state index is 12.9. The Morgan fingerprint density at radius 1 is 1.19 bits per heavy atom. The fourth-order valence-corrected chi connectivity index (χ4v) is 2.00. The molecule has 5 heteroatoms. The molecule has 2 aromatic rings. The summed E-state index contributed by atoms with van der Waals surface area (Å²) in [6.07, 6.45) is 1.69. The number of hydrogen-bond donors (Lipinski definition) is 2. The first-order valence-corrected chi connectivity index (χ1v) is 7.02. The van der Waals surface area contributed by atoms with Crippen LogP contribution in [0.5, 0.6) is 0 Å². The second-order valence-corrected chi connectivity index (χ2v) is 5.28. The molecule has 1 heterocycles. The van der Waals surface area contributed by atoms with Gasteiger partial charge in [0.25, 0.3) is 0 Å². The van der Waals surface area contributed by atoms with Crippen molar-refractivity contribution in [2.24, 2.45) is 5.92 Å². The van der Waals surface area contributed by atoms with Crippen LogP contribution < -0.4 is 5.32 Å². The van der Waals surface area contributed by atoms with Gasteiger partial charge >= 0.3 is 0 Å². The van der Waals surface area contributed by atoms with E-state index >= 15 is 0 Å². The van der Waals surface area contributed by atoms with E-state index in [0.29, 0.717) is 18.3 Å². The highest BCUT2D eigenvalue weighted by Crippen LogP contribution is 2.16. The largest absolute Gasteiger partial charge is 0.395 e. The molecule has 1 atom stereocenters. The number of rotatable bonds is 6. The average Bonchev–Trinajstić information content (AvgIpc) is 2.48. The van der Waals surface area contributed by atoms with Gasteiger partial charge in [-0.1, -0.05) is 13.8 Å². The normalized spacial score (nSPS) is 12.6. The zero-order chi connectivity index (χ0) is 15.2. The van der Waals surface area contributed by atoms with E-state index in [0.717, 1.165) is 11.3 Å². The molecule has 0 spiro atoms. The van der Waals surface area contributed by atoms with Crippen molar-refractivity contribution in [1.82, 2.24) is 15.3 Å². The number of nitrogens with one attached hydrogen (secondary N) is 1. The zero-order valence-electron chi connectivity index (χ0n) is 12.3. The van der Waals surface area contributed by atoms with E-state index in [4.69, 9.17) is 0 Å². The van der Waals surface area contributed by atoms with Crippen LogP contribution in [0.1, 0.15) is 19.7 Å². The Hall–Kier alpha value is -1.85. The monoisotopic (exact) mass is 289 g/mol. The first-order valence-electron chi connectivity index (χ1n) is 7.02. The van der Waals surface area contributed by atoms with Crippen molar-refractivity contribution in [2.75, 3.05) is 6.61 Å². The molecule has 0 fully saturated rings. The van der Waals surface area contributed by atoms with Crippen LogP contribution in [0.2, 0.25) is 0 Å². The lowest BCUT2D eigenvalue weighted by molar-refractivity contribution is 0.209. The van der Waals surface area contributed by atoms with Crippen molar-refractivity contribution in [3.63, 3.8) is 0 Å². The maximum Gasteiger partial charge on any atom is 0.142 e. The molecule has 0 bridgehead atoms. The maximum atomic E-state index is 12.9. The highest BCUT2D eigenvalue weighted by atomic mass is 19.1. The number of hydrogen-bond acceptors (Lipinski definition) is 4. The van der Waals surface area contributed by atoms with Crippen LogP contribution in [0.3, 0.4) is 0 Å². The Morgan fingerprint density at radius 2 is 1.90 bits per heavy atom. The van der Waals surface area contributed by atoms with Gasteiger partial charge < -0.3 is 10.4 Å². The Kier molecular flexibility index (Phi) is 5.36. The highest BCUT2D eigenvalue weighted by Gasteiger charge is 2.12. The molecular weight excluding hydrogens is 269 g/mol.